The van der Waals surface area contributed by atoms with E-state index in [4.69, 9.17) is 4.98 Å². The smallest absolute Gasteiger partial charge is 0.138 e. The van der Waals surface area contributed by atoms with Crippen LogP contribution in [0.15, 0.2) is 116 Å². The molecule has 0 saturated carbocycles. The molecule has 6 aromatic rings. The average Bonchev–Trinajstić information content (AvgIpc) is 3.30. The Labute approximate surface area is 191 Å². The van der Waals surface area contributed by atoms with Gasteiger partial charge in [0.1, 0.15) is 11.3 Å². The SMILES string of the molecule is c1ccc(-c2cc(-c3ccc(-c4c(-c5ccccn5)nc5ccccn45)cc3)ccn2)nc1. The summed E-state index contributed by atoms with van der Waals surface area (Å²) in [6.45, 7) is 0. The molecule has 0 bridgehead atoms. The van der Waals surface area contributed by atoms with E-state index >= 15 is 0 Å². The Morgan fingerprint density at radius 3 is 1.97 bits per heavy atom. The number of hydrogen-bond acceptors (Lipinski definition) is 4. The summed E-state index contributed by atoms with van der Waals surface area (Å²) < 4.78 is 2.12. The lowest BCUT2D eigenvalue weighted by molar-refractivity contribution is 1.19. The van der Waals surface area contributed by atoms with Crippen LogP contribution >= 0.6 is 0 Å². The molecule has 0 unspecified atom stereocenters. The highest BCUT2D eigenvalue weighted by Gasteiger charge is 2.16. The second kappa shape index (κ2) is 8.13. The van der Waals surface area contributed by atoms with Crippen LogP contribution in [0.2, 0.25) is 0 Å². The normalized spacial score (nSPS) is 11.0. The quantitative estimate of drug-likeness (QED) is 0.338. The highest BCUT2D eigenvalue weighted by Crippen LogP contribution is 2.33. The zero-order chi connectivity index (χ0) is 22.0. The molecule has 1 aromatic carbocycles. The van der Waals surface area contributed by atoms with Crippen LogP contribution in [0, 0.1) is 0 Å². The molecular formula is C28H19N5. The summed E-state index contributed by atoms with van der Waals surface area (Å²) in [4.78, 5) is 18.3. The summed E-state index contributed by atoms with van der Waals surface area (Å²) in [6.07, 6.45) is 7.46. The molecule has 0 atom stereocenters. The van der Waals surface area contributed by atoms with Crippen LogP contribution in [-0.4, -0.2) is 24.3 Å². The summed E-state index contributed by atoms with van der Waals surface area (Å²) in [5, 5.41) is 0. The van der Waals surface area contributed by atoms with Crippen molar-refractivity contribution in [3.05, 3.63) is 116 Å². The monoisotopic (exact) mass is 425 g/mol. The van der Waals surface area contributed by atoms with Crippen LogP contribution in [0.25, 0.3) is 50.8 Å². The zero-order valence-corrected chi connectivity index (χ0v) is 17.7. The standard InChI is InChI=1S/C28H19N5/c1-4-15-29-23(7-1)25-19-22(14-17-31-25)20-10-12-21(13-11-20)28-27(24-8-2-5-16-30-24)32-26-9-3-6-18-33(26)28/h1-19H. The minimum atomic E-state index is 0.856. The van der Waals surface area contributed by atoms with Gasteiger partial charge in [0, 0.05) is 30.4 Å². The molecule has 33 heavy (non-hydrogen) atoms. The number of hydrogen-bond donors (Lipinski definition) is 0. The minimum Gasteiger partial charge on any atom is -0.299 e. The van der Waals surface area contributed by atoms with E-state index in [2.05, 4.69) is 49.7 Å². The van der Waals surface area contributed by atoms with Gasteiger partial charge < -0.3 is 0 Å². The average molecular weight is 425 g/mol. The van der Waals surface area contributed by atoms with Crippen LogP contribution in [0.3, 0.4) is 0 Å². The van der Waals surface area contributed by atoms with Crippen molar-refractivity contribution >= 4 is 5.65 Å². The van der Waals surface area contributed by atoms with Crippen LogP contribution in [0.5, 0.6) is 0 Å². The number of rotatable bonds is 4. The topological polar surface area (TPSA) is 56.0 Å². The largest absolute Gasteiger partial charge is 0.299 e. The van der Waals surface area contributed by atoms with Crippen molar-refractivity contribution in [2.45, 2.75) is 0 Å². The molecule has 156 valence electrons. The van der Waals surface area contributed by atoms with Crippen LogP contribution in [0.1, 0.15) is 0 Å². The molecule has 0 aliphatic carbocycles. The first-order valence-electron chi connectivity index (χ1n) is 10.7. The van der Waals surface area contributed by atoms with E-state index in [1.165, 1.54) is 0 Å². The molecule has 0 N–H and O–H groups in total. The first kappa shape index (κ1) is 19.1. The lowest BCUT2D eigenvalue weighted by Gasteiger charge is -2.08. The number of imidazole rings is 1. The minimum absolute atomic E-state index is 0.856. The Kier molecular flexibility index (Phi) is 4.70. The Balaban J connectivity index is 1.43. The summed E-state index contributed by atoms with van der Waals surface area (Å²) >= 11 is 0. The van der Waals surface area contributed by atoms with Gasteiger partial charge in [-0.25, -0.2) is 4.98 Å². The van der Waals surface area contributed by atoms with E-state index in [9.17, 15) is 0 Å². The zero-order valence-electron chi connectivity index (χ0n) is 17.7. The summed E-state index contributed by atoms with van der Waals surface area (Å²) in [7, 11) is 0. The molecule has 0 saturated heterocycles. The van der Waals surface area contributed by atoms with Crippen molar-refractivity contribution < 1.29 is 0 Å². The molecular weight excluding hydrogens is 406 g/mol. The molecule has 0 radical (unpaired) electrons. The lowest BCUT2D eigenvalue weighted by atomic mass is 10.0. The van der Waals surface area contributed by atoms with E-state index < -0.39 is 0 Å². The van der Waals surface area contributed by atoms with E-state index in [1.54, 1.807) is 12.4 Å². The van der Waals surface area contributed by atoms with Crippen molar-refractivity contribution in [2.75, 3.05) is 0 Å². The third-order valence-electron chi connectivity index (χ3n) is 5.62. The summed E-state index contributed by atoms with van der Waals surface area (Å²) in [5.74, 6) is 0. The van der Waals surface area contributed by atoms with Crippen molar-refractivity contribution in [3.8, 4) is 45.2 Å². The third kappa shape index (κ3) is 3.55. The second-order valence-electron chi connectivity index (χ2n) is 7.67. The fraction of sp³-hybridized carbons (Fsp3) is 0. The number of pyridine rings is 4. The van der Waals surface area contributed by atoms with E-state index in [-0.39, 0.29) is 0 Å². The van der Waals surface area contributed by atoms with E-state index in [1.807, 2.05) is 73.1 Å². The van der Waals surface area contributed by atoms with Crippen molar-refractivity contribution in [1.29, 1.82) is 0 Å². The van der Waals surface area contributed by atoms with Gasteiger partial charge in [-0.2, -0.15) is 0 Å². The predicted octanol–water partition coefficient (Wildman–Crippen LogP) is 6.19. The molecule has 0 aliphatic heterocycles. The molecule has 5 heterocycles. The maximum Gasteiger partial charge on any atom is 0.138 e. The van der Waals surface area contributed by atoms with Gasteiger partial charge >= 0.3 is 0 Å². The van der Waals surface area contributed by atoms with E-state index in [0.29, 0.717) is 0 Å². The molecule has 0 amide bonds. The number of aromatic nitrogens is 5. The molecule has 0 fully saturated rings. The first-order chi connectivity index (χ1) is 16.4. The van der Waals surface area contributed by atoms with Gasteiger partial charge in [-0.1, -0.05) is 42.5 Å². The van der Waals surface area contributed by atoms with Crippen molar-refractivity contribution in [3.63, 3.8) is 0 Å². The first-order valence-corrected chi connectivity index (χ1v) is 10.7. The Morgan fingerprint density at radius 1 is 0.515 bits per heavy atom. The Bertz CT molecular complexity index is 1540. The highest BCUT2D eigenvalue weighted by molar-refractivity contribution is 5.82. The summed E-state index contributed by atoms with van der Waals surface area (Å²) in [6, 6.07) is 30.4. The number of nitrogens with zero attached hydrogens (tertiary/aromatic N) is 5. The Morgan fingerprint density at radius 2 is 1.21 bits per heavy atom. The lowest BCUT2D eigenvalue weighted by Crippen LogP contribution is -1.91. The maximum absolute atomic E-state index is 4.87. The van der Waals surface area contributed by atoms with Gasteiger partial charge in [0.05, 0.1) is 22.8 Å². The van der Waals surface area contributed by atoms with Gasteiger partial charge in [0.15, 0.2) is 0 Å². The van der Waals surface area contributed by atoms with Crippen molar-refractivity contribution in [1.82, 2.24) is 24.3 Å². The van der Waals surface area contributed by atoms with Gasteiger partial charge in [0.25, 0.3) is 0 Å². The van der Waals surface area contributed by atoms with Crippen LogP contribution < -0.4 is 0 Å². The maximum atomic E-state index is 4.87. The Hall–Kier alpha value is -4.64. The van der Waals surface area contributed by atoms with Crippen LogP contribution in [-0.2, 0) is 0 Å². The number of benzene rings is 1. The molecule has 5 nitrogen and oxygen atoms in total. The van der Waals surface area contributed by atoms with Gasteiger partial charge in [-0.05, 0) is 59.7 Å². The van der Waals surface area contributed by atoms with Gasteiger partial charge in [-0.3, -0.25) is 19.4 Å². The molecule has 0 aliphatic rings. The van der Waals surface area contributed by atoms with Gasteiger partial charge in [0.2, 0.25) is 0 Å². The number of fused-ring (bicyclic) bond motifs is 1. The second-order valence-corrected chi connectivity index (χ2v) is 7.67. The van der Waals surface area contributed by atoms with E-state index in [0.717, 1.165) is 50.8 Å². The molecule has 0 spiro atoms. The van der Waals surface area contributed by atoms with Gasteiger partial charge in [-0.15, -0.1) is 0 Å². The van der Waals surface area contributed by atoms with Crippen LogP contribution in [0.4, 0.5) is 0 Å². The fourth-order valence-electron chi connectivity index (χ4n) is 4.04. The highest BCUT2D eigenvalue weighted by atomic mass is 15.0. The summed E-state index contributed by atoms with van der Waals surface area (Å²) in [5.41, 5.74) is 8.67. The fourth-order valence-corrected chi connectivity index (χ4v) is 4.04. The predicted molar refractivity (Wildman–Crippen MR) is 130 cm³/mol. The van der Waals surface area contributed by atoms with Crippen molar-refractivity contribution in [2.24, 2.45) is 0 Å². The third-order valence-corrected chi connectivity index (χ3v) is 5.62. The molecule has 5 aromatic heterocycles. The molecule has 6 rings (SSSR count). The molecule has 5 heteroatoms.